The summed E-state index contributed by atoms with van der Waals surface area (Å²) in [5.41, 5.74) is 5.46. The second kappa shape index (κ2) is 5.73. The lowest BCUT2D eigenvalue weighted by molar-refractivity contribution is -0.137. The molecule has 0 aliphatic rings. The maximum atomic E-state index is 13.5. The van der Waals surface area contributed by atoms with E-state index in [1.54, 1.807) is 0 Å². The zero-order chi connectivity index (χ0) is 15.8. The van der Waals surface area contributed by atoms with Crippen molar-refractivity contribution in [1.29, 1.82) is 0 Å². The van der Waals surface area contributed by atoms with Gasteiger partial charge in [-0.1, -0.05) is 11.6 Å². The minimum absolute atomic E-state index is 0.146. The fourth-order valence-corrected chi connectivity index (χ4v) is 2.20. The van der Waals surface area contributed by atoms with Crippen LogP contribution in [0.2, 0.25) is 5.02 Å². The number of benzene rings is 2. The summed E-state index contributed by atoms with van der Waals surface area (Å²) in [5.74, 6) is -0.560. The van der Waals surface area contributed by atoms with Gasteiger partial charge in [0.25, 0.3) is 0 Å². The molecule has 0 aliphatic carbocycles. The highest BCUT2D eigenvalue weighted by molar-refractivity contribution is 9.10. The van der Waals surface area contributed by atoms with Crippen LogP contribution >= 0.6 is 27.5 Å². The monoisotopic (exact) mass is 382 g/mol. The molecule has 2 rings (SSSR count). The first-order valence-electron chi connectivity index (χ1n) is 5.57. The van der Waals surface area contributed by atoms with Crippen molar-refractivity contribution in [2.75, 3.05) is 11.1 Å². The van der Waals surface area contributed by atoms with E-state index in [0.717, 1.165) is 24.3 Å². The van der Waals surface area contributed by atoms with Crippen molar-refractivity contribution in [2.45, 2.75) is 6.18 Å². The van der Waals surface area contributed by atoms with Crippen LogP contribution < -0.4 is 11.1 Å². The molecule has 0 fully saturated rings. The van der Waals surface area contributed by atoms with E-state index in [1.165, 1.54) is 6.07 Å². The van der Waals surface area contributed by atoms with Crippen molar-refractivity contribution >= 4 is 44.6 Å². The third-order valence-electron chi connectivity index (χ3n) is 2.66. The molecule has 0 unspecified atom stereocenters. The molecule has 0 aromatic heterocycles. The Labute approximate surface area is 131 Å². The Balaban J connectivity index is 2.35. The SMILES string of the molecule is Nc1cc(Br)c(F)cc1Nc1ccc(C(F)(F)F)cc1Cl. The van der Waals surface area contributed by atoms with Crippen molar-refractivity contribution in [1.82, 2.24) is 0 Å². The third-order valence-corrected chi connectivity index (χ3v) is 3.58. The largest absolute Gasteiger partial charge is 0.416 e. The molecule has 0 amide bonds. The molecule has 0 heterocycles. The molecule has 2 nitrogen and oxygen atoms in total. The molecular formula is C13H8BrClF4N2. The summed E-state index contributed by atoms with van der Waals surface area (Å²) >= 11 is 8.78. The van der Waals surface area contributed by atoms with E-state index in [1.807, 2.05) is 0 Å². The number of hydrogen-bond donors (Lipinski definition) is 2. The molecule has 8 heteroatoms. The van der Waals surface area contributed by atoms with E-state index < -0.39 is 17.6 Å². The summed E-state index contributed by atoms with van der Waals surface area (Å²) in [6.07, 6.45) is -4.48. The van der Waals surface area contributed by atoms with Gasteiger partial charge in [-0.15, -0.1) is 0 Å². The van der Waals surface area contributed by atoms with E-state index in [9.17, 15) is 17.6 Å². The molecule has 0 spiro atoms. The minimum atomic E-state index is -4.48. The molecule has 0 aliphatic heterocycles. The van der Waals surface area contributed by atoms with Gasteiger partial charge in [-0.3, -0.25) is 0 Å². The first kappa shape index (κ1) is 15.9. The molecule has 0 radical (unpaired) electrons. The van der Waals surface area contributed by atoms with Crippen molar-refractivity contribution in [2.24, 2.45) is 0 Å². The summed E-state index contributed by atoms with van der Waals surface area (Å²) < 4.78 is 51.2. The van der Waals surface area contributed by atoms with Crippen LogP contribution in [0.25, 0.3) is 0 Å². The Kier molecular flexibility index (Phi) is 4.34. The molecule has 3 N–H and O–H groups in total. The van der Waals surface area contributed by atoms with Crippen LogP contribution in [0.1, 0.15) is 5.56 Å². The molecule has 0 saturated heterocycles. The predicted molar refractivity (Wildman–Crippen MR) is 78.2 cm³/mol. The Hall–Kier alpha value is -1.47. The second-order valence-electron chi connectivity index (χ2n) is 4.17. The zero-order valence-electron chi connectivity index (χ0n) is 10.2. The van der Waals surface area contributed by atoms with E-state index in [0.29, 0.717) is 0 Å². The Morgan fingerprint density at radius 3 is 2.33 bits per heavy atom. The first-order valence-corrected chi connectivity index (χ1v) is 6.74. The summed E-state index contributed by atoms with van der Waals surface area (Å²) in [7, 11) is 0. The summed E-state index contributed by atoms with van der Waals surface area (Å²) in [6.45, 7) is 0. The minimum Gasteiger partial charge on any atom is -0.397 e. The Morgan fingerprint density at radius 2 is 1.76 bits per heavy atom. The van der Waals surface area contributed by atoms with Crippen LogP contribution in [0.3, 0.4) is 0 Å². The van der Waals surface area contributed by atoms with E-state index in [-0.39, 0.29) is 26.6 Å². The van der Waals surface area contributed by atoms with Crippen LogP contribution in [0, 0.1) is 5.82 Å². The van der Waals surface area contributed by atoms with Crippen LogP contribution in [0.4, 0.5) is 34.6 Å². The van der Waals surface area contributed by atoms with Gasteiger partial charge in [0.05, 0.1) is 32.1 Å². The molecular weight excluding hydrogens is 376 g/mol. The molecule has 112 valence electrons. The highest BCUT2D eigenvalue weighted by Crippen LogP contribution is 2.36. The normalized spacial score (nSPS) is 11.5. The second-order valence-corrected chi connectivity index (χ2v) is 5.43. The van der Waals surface area contributed by atoms with Crippen molar-refractivity contribution in [3.63, 3.8) is 0 Å². The molecule has 0 saturated carbocycles. The lowest BCUT2D eigenvalue weighted by Gasteiger charge is -2.13. The lowest BCUT2D eigenvalue weighted by atomic mass is 10.2. The molecule has 0 bridgehead atoms. The van der Waals surface area contributed by atoms with Crippen LogP contribution in [0.5, 0.6) is 0 Å². The van der Waals surface area contributed by atoms with Gasteiger partial charge in [0.2, 0.25) is 0 Å². The lowest BCUT2D eigenvalue weighted by Crippen LogP contribution is -2.05. The number of hydrogen-bond acceptors (Lipinski definition) is 2. The van der Waals surface area contributed by atoms with Crippen molar-refractivity contribution in [3.05, 3.63) is 51.2 Å². The number of rotatable bonds is 2. The van der Waals surface area contributed by atoms with Gasteiger partial charge >= 0.3 is 6.18 Å². The average molecular weight is 384 g/mol. The van der Waals surface area contributed by atoms with Gasteiger partial charge in [-0.05, 0) is 40.2 Å². The molecule has 0 atom stereocenters. The van der Waals surface area contributed by atoms with Gasteiger partial charge in [0.15, 0.2) is 0 Å². The maximum Gasteiger partial charge on any atom is 0.416 e. The number of nitrogens with one attached hydrogen (secondary N) is 1. The van der Waals surface area contributed by atoms with Crippen molar-refractivity contribution < 1.29 is 17.6 Å². The quantitative estimate of drug-likeness (QED) is 0.524. The van der Waals surface area contributed by atoms with Crippen LogP contribution in [0.15, 0.2) is 34.8 Å². The molecule has 2 aromatic rings. The third kappa shape index (κ3) is 3.59. The number of nitrogen functional groups attached to an aromatic ring is 1. The van der Waals surface area contributed by atoms with E-state index >= 15 is 0 Å². The predicted octanol–water partition coefficient (Wildman–Crippen LogP) is 5.59. The topological polar surface area (TPSA) is 38.0 Å². The summed E-state index contributed by atoms with van der Waals surface area (Å²) in [4.78, 5) is 0. The summed E-state index contributed by atoms with van der Waals surface area (Å²) in [5, 5.41) is 2.56. The number of alkyl halides is 3. The number of halogens is 6. The zero-order valence-corrected chi connectivity index (χ0v) is 12.6. The fourth-order valence-electron chi connectivity index (χ4n) is 1.61. The van der Waals surface area contributed by atoms with Gasteiger partial charge in [-0.2, -0.15) is 13.2 Å². The van der Waals surface area contributed by atoms with Crippen LogP contribution in [-0.4, -0.2) is 0 Å². The molecule has 21 heavy (non-hydrogen) atoms. The average Bonchev–Trinajstić information content (AvgIpc) is 2.36. The summed E-state index contributed by atoms with van der Waals surface area (Å²) in [6, 6.07) is 5.28. The smallest absolute Gasteiger partial charge is 0.397 e. The van der Waals surface area contributed by atoms with Gasteiger partial charge in [-0.25, -0.2) is 4.39 Å². The first-order chi connectivity index (χ1) is 9.68. The van der Waals surface area contributed by atoms with Gasteiger partial charge in [0, 0.05) is 6.07 Å². The van der Waals surface area contributed by atoms with Gasteiger partial charge in [0.1, 0.15) is 5.82 Å². The highest BCUT2D eigenvalue weighted by Gasteiger charge is 2.30. The number of anilines is 3. The van der Waals surface area contributed by atoms with Gasteiger partial charge < -0.3 is 11.1 Å². The van der Waals surface area contributed by atoms with E-state index in [2.05, 4.69) is 21.2 Å². The standard InChI is InChI=1S/C13H8BrClF4N2/c14-7-4-10(20)12(5-9(7)16)21-11-2-1-6(3-8(11)15)13(17,18)19/h1-5,21H,20H2. The Morgan fingerprint density at radius 1 is 1.10 bits per heavy atom. The van der Waals surface area contributed by atoms with Crippen LogP contribution in [-0.2, 0) is 6.18 Å². The molecule has 2 aromatic carbocycles. The van der Waals surface area contributed by atoms with E-state index in [4.69, 9.17) is 17.3 Å². The maximum absolute atomic E-state index is 13.5. The van der Waals surface area contributed by atoms with Crippen molar-refractivity contribution in [3.8, 4) is 0 Å². The Bertz CT molecular complexity index is 689. The fraction of sp³-hybridized carbons (Fsp3) is 0.0769. The number of nitrogens with two attached hydrogens (primary N) is 1. The highest BCUT2D eigenvalue weighted by atomic mass is 79.9.